The summed E-state index contributed by atoms with van der Waals surface area (Å²) in [5.41, 5.74) is 3.80. The Kier molecular flexibility index (Phi) is 19.0. The van der Waals surface area contributed by atoms with Crippen LogP contribution in [0.3, 0.4) is 0 Å². The molecule has 2 aliphatic heterocycles. The number of esters is 1. The first-order chi connectivity index (χ1) is 30.4. The number of amides is 2. The summed E-state index contributed by atoms with van der Waals surface area (Å²) in [5.74, 6) is -0.862. The molecule has 20 heteroatoms. The summed E-state index contributed by atoms with van der Waals surface area (Å²) in [4.78, 5) is 36.0. The lowest BCUT2D eigenvalue weighted by Gasteiger charge is -2.23. The molecule has 2 atom stereocenters. The fourth-order valence-electron chi connectivity index (χ4n) is 9.08. The van der Waals surface area contributed by atoms with Gasteiger partial charge in [-0.2, -0.15) is 17.6 Å². The number of nitrogens with zero attached hydrogens (tertiary/aromatic N) is 2. The molecule has 2 aromatic rings. The van der Waals surface area contributed by atoms with Crippen LogP contribution in [-0.2, 0) is 60.3 Å². The van der Waals surface area contributed by atoms with Gasteiger partial charge in [-0.25, -0.2) is 16.8 Å². The lowest BCUT2D eigenvalue weighted by atomic mass is 9.76. The van der Waals surface area contributed by atoms with Gasteiger partial charge in [-0.3, -0.25) is 18.9 Å². The van der Waals surface area contributed by atoms with E-state index in [0.717, 1.165) is 48.4 Å². The Morgan fingerprint density at radius 2 is 1.03 bits per heavy atom. The number of carbonyl (C=O) groups excluding carboxylic acids is 3. The summed E-state index contributed by atoms with van der Waals surface area (Å²) in [5, 5.41) is 5.80. The van der Waals surface area contributed by atoms with Gasteiger partial charge >= 0.3 is 5.97 Å². The molecular formula is C45H66N4O13S3. The predicted octanol–water partition coefficient (Wildman–Crippen LogP) is 5.48. The molecule has 2 aliphatic rings. The molecule has 0 aromatic heterocycles. The standard InChI is InChI=1S/C45H66N4O13S3/c1-33-44(3,25-13-7-11-19-43(52)62-5)37-31-35(64(56,57)58)20-22-39(37)48(33)28-14-8-10-18-42(51)47-27-15-26-46-41(50)17-9-6-12-24-45(4)34(2)49(29-16-30-63(53,54)55)40-23-21-36(32-38(40)45)65(59,60)61/h20-23,31-32H,6-19,24-30H2,1-5H3,(H3-2,46,47,50,51,53,54,55,56,57,58,59,60,61). The molecular weight excluding hydrogens is 901 g/mol. The molecule has 0 spiro atoms. The molecule has 65 heavy (non-hydrogen) atoms. The summed E-state index contributed by atoms with van der Waals surface area (Å²) in [6.07, 6.45) is 9.57. The van der Waals surface area contributed by atoms with Crippen LogP contribution in [0.4, 0.5) is 11.4 Å². The summed E-state index contributed by atoms with van der Waals surface area (Å²) >= 11 is 0. The molecule has 2 amide bonds. The van der Waals surface area contributed by atoms with Gasteiger partial charge in [-0.05, 0) is 83.1 Å². The van der Waals surface area contributed by atoms with Gasteiger partial charge in [-0.15, -0.1) is 0 Å². The van der Waals surface area contributed by atoms with Crippen molar-refractivity contribution in [3.63, 3.8) is 0 Å². The monoisotopic (exact) mass is 966 g/mol. The first-order valence-electron chi connectivity index (χ1n) is 22.4. The van der Waals surface area contributed by atoms with E-state index >= 15 is 0 Å². The van der Waals surface area contributed by atoms with Crippen LogP contribution < -0.4 is 10.6 Å². The zero-order valence-electron chi connectivity index (χ0n) is 38.3. The summed E-state index contributed by atoms with van der Waals surface area (Å²) in [6.45, 7) is 9.68. The van der Waals surface area contributed by atoms with E-state index in [2.05, 4.69) is 22.1 Å². The molecule has 4 rings (SSSR count). The Morgan fingerprint density at radius 1 is 0.615 bits per heavy atom. The van der Waals surface area contributed by atoms with Crippen LogP contribution >= 0.6 is 0 Å². The Balaban J connectivity index is 1.15. The van der Waals surface area contributed by atoms with Crippen molar-refractivity contribution in [1.29, 1.82) is 0 Å². The first kappa shape index (κ1) is 53.5. The van der Waals surface area contributed by atoms with Crippen molar-refractivity contribution >= 4 is 70.9 Å². The van der Waals surface area contributed by atoms with E-state index in [1.165, 1.54) is 31.4 Å². The Hall–Kier alpha value is -4.08. The molecule has 17 nitrogen and oxygen atoms in total. The van der Waals surface area contributed by atoms with Crippen molar-refractivity contribution in [3.8, 4) is 0 Å². The number of nitrogens with one attached hydrogen (secondary N) is 2. The lowest BCUT2D eigenvalue weighted by molar-refractivity contribution is -0.439. The van der Waals surface area contributed by atoms with Crippen molar-refractivity contribution in [3.05, 3.63) is 47.5 Å². The Bertz CT molecular complexity index is 2470. The van der Waals surface area contributed by atoms with Crippen molar-refractivity contribution in [2.24, 2.45) is 0 Å². The highest BCUT2D eigenvalue weighted by Gasteiger charge is 2.47. The van der Waals surface area contributed by atoms with Crippen LogP contribution in [0.2, 0.25) is 0 Å². The van der Waals surface area contributed by atoms with Gasteiger partial charge in [0.1, 0.15) is 33.3 Å². The third-order valence-electron chi connectivity index (χ3n) is 13.1. The summed E-state index contributed by atoms with van der Waals surface area (Å²) in [6, 6.07) is 8.75. The van der Waals surface area contributed by atoms with E-state index < -0.39 is 46.9 Å². The topological polar surface area (TPSA) is 259 Å². The molecule has 0 fully saturated rings. The van der Waals surface area contributed by atoms with E-state index in [1.54, 1.807) is 12.1 Å². The van der Waals surface area contributed by atoms with Crippen molar-refractivity contribution < 1.29 is 67.2 Å². The lowest BCUT2D eigenvalue weighted by Crippen LogP contribution is -2.31. The van der Waals surface area contributed by atoms with Crippen LogP contribution in [0.25, 0.3) is 0 Å². The van der Waals surface area contributed by atoms with Gasteiger partial charge in [0.05, 0.1) is 33.5 Å². The number of rotatable bonds is 28. The summed E-state index contributed by atoms with van der Waals surface area (Å²) < 4.78 is 112. The molecule has 0 aliphatic carbocycles. The SMILES string of the molecule is COC(=O)CCCCCC1(C)C(C)=[N+](CCCCCC(=O)NCCCNC(=O)CCCCCC2(C)C(C)=[N+](CCCS(=O)(=O)O)c3ccc(S(=O)(=O)[O-])cc32)c2ccc(S(=O)(=O)[O-])cc21. The minimum Gasteiger partial charge on any atom is -0.744 e. The minimum atomic E-state index is -4.71. The Labute approximate surface area is 384 Å². The largest absolute Gasteiger partial charge is 0.744 e. The molecule has 2 unspecified atom stereocenters. The quantitative estimate of drug-likeness (QED) is 0.0414. The van der Waals surface area contributed by atoms with Gasteiger partial charge in [0.2, 0.25) is 23.2 Å². The molecule has 3 N–H and O–H groups in total. The molecule has 0 radical (unpaired) electrons. The van der Waals surface area contributed by atoms with E-state index in [0.29, 0.717) is 102 Å². The zero-order chi connectivity index (χ0) is 48.2. The number of ether oxygens (including phenoxy) is 1. The van der Waals surface area contributed by atoms with Gasteiger partial charge < -0.3 is 24.5 Å². The molecule has 2 aromatic carbocycles. The van der Waals surface area contributed by atoms with Crippen LogP contribution in [0, 0.1) is 0 Å². The maximum absolute atomic E-state index is 12.6. The van der Waals surface area contributed by atoms with Crippen molar-refractivity contribution in [1.82, 2.24) is 10.6 Å². The first-order valence-corrected chi connectivity index (χ1v) is 26.8. The molecule has 0 bridgehead atoms. The Morgan fingerprint density at radius 3 is 1.45 bits per heavy atom. The minimum absolute atomic E-state index is 0.0742. The summed E-state index contributed by atoms with van der Waals surface area (Å²) in [7, 11) is -12.2. The van der Waals surface area contributed by atoms with E-state index in [-0.39, 0.29) is 40.5 Å². The third-order valence-corrected chi connectivity index (χ3v) is 15.6. The van der Waals surface area contributed by atoms with Gasteiger partial charge in [0, 0.05) is 82.3 Å². The average Bonchev–Trinajstić information content (AvgIpc) is 3.56. The second kappa shape index (κ2) is 23.1. The van der Waals surface area contributed by atoms with Crippen molar-refractivity contribution in [2.45, 2.75) is 151 Å². The molecule has 2 heterocycles. The highest BCUT2D eigenvalue weighted by molar-refractivity contribution is 7.86. The number of unbranched alkanes of at least 4 members (excludes halogenated alkanes) is 6. The normalized spacial score (nSPS) is 18.5. The molecule has 0 saturated heterocycles. The number of methoxy groups -OCH3 is 1. The molecule has 0 saturated carbocycles. The maximum Gasteiger partial charge on any atom is 0.305 e. The van der Waals surface area contributed by atoms with Crippen LogP contribution in [-0.4, -0.2) is 116 Å². The maximum atomic E-state index is 12.6. The molecule has 362 valence electrons. The number of benzene rings is 2. The van der Waals surface area contributed by atoms with Gasteiger partial charge in [0.15, 0.2) is 11.4 Å². The fraction of sp³-hybridized carbons (Fsp3) is 0.622. The number of hydrogen-bond donors (Lipinski definition) is 3. The fourth-order valence-corrected chi connectivity index (χ4v) is 10.6. The number of fused-ring (bicyclic) bond motifs is 2. The highest BCUT2D eigenvalue weighted by atomic mass is 32.2. The second-order valence-corrected chi connectivity index (χ2v) is 21.9. The van der Waals surface area contributed by atoms with E-state index in [1.807, 2.05) is 25.3 Å². The predicted molar refractivity (Wildman–Crippen MR) is 243 cm³/mol. The van der Waals surface area contributed by atoms with Crippen LogP contribution in [0.5, 0.6) is 0 Å². The smallest absolute Gasteiger partial charge is 0.305 e. The number of carbonyl (C=O) groups is 3. The van der Waals surface area contributed by atoms with Crippen molar-refractivity contribution in [2.75, 3.05) is 39.0 Å². The third kappa shape index (κ3) is 14.7. The zero-order valence-corrected chi connectivity index (χ0v) is 40.7. The van der Waals surface area contributed by atoms with Gasteiger partial charge in [-0.1, -0.05) is 25.7 Å². The van der Waals surface area contributed by atoms with E-state index in [4.69, 9.17) is 4.74 Å². The highest BCUT2D eigenvalue weighted by Crippen LogP contribution is 2.45. The van der Waals surface area contributed by atoms with Crippen LogP contribution in [0.1, 0.15) is 142 Å². The second-order valence-electron chi connectivity index (χ2n) is 17.6. The van der Waals surface area contributed by atoms with Gasteiger partial charge in [0.25, 0.3) is 10.1 Å². The van der Waals surface area contributed by atoms with Crippen LogP contribution in [0.15, 0.2) is 46.2 Å². The average molecular weight is 967 g/mol. The number of hydrogen-bond acceptors (Lipinski definition) is 12. The van der Waals surface area contributed by atoms with E-state index in [9.17, 15) is 53.3 Å².